The molecule has 1 aromatic carbocycles. The minimum atomic E-state index is 0.547. The van der Waals surface area contributed by atoms with Crippen molar-refractivity contribution in [3.8, 4) is 11.6 Å². The maximum Gasteiger partial charge on any atom is 0.223 e. The first-order valence-electron chi connectivity index (χ1n) is 5.42. The Bertz CT molecular complexity index is 548. The summed E-state index contributed by atoms with van der Waals surface area (Å²) in [5.74, 6) is 1.16. The van der Waals surface area contributed by atoms with Gasteiger partial charge in [-0.2, -0.15) is 0 Å². The molecule has 0 fully saturated rings. The van der Waals surface area contributed by atoms with Crippen molar-refractivity contribution in [3.63, 3.8) is 0 Å². The number of nitrogens with zero attached hydrogens (tertiary/aromatic N) is 1. The van der Waals surface area contributed by atoms with Crippen LogP contribution in [-0.2, 0) is 6.54 Å². The van der Waals surface area contributed by atoms with Gasteiger partial charge in [0.1, 0.15) is 5.75 Å². The number of halogens is 2. The van der Waals surface area contributed by atoms with Crippen molar-refractivity contribution >= 4 is 27.5 Å². The van der Waals surface area contributed by atoms with E-state index in [0.29, 0.717) is 23.2 Å². The molecule has 0 aliphatic carbocycles. The van der Waals surface area contributed by atoms with Crippen LogP contribution in [0.25, 0.3) is 0 Å². The molecule has 1 heterocycles. The van der Waals surface area contributed by atoms with Crippen molar-refractivity contribution in [1.29, 1.82) is 0 Å². The van der Waals surface area contributed by atoms with Gasteiger partial charge in [-0.15, -0.1) is 0 Å². The van der Waals surface area contributed by atoms with E-state index in [4.69, 9.17) is 16.3 Å². The summed E-state index contributed by atoms with van der Waals surface area (Å²) in [6.07, 6.45) is 1.70. The lowest BCUT2D eigenvalue weighted by atomic mass is 10.2. The van der Waals surface area contributed by atoms with Crippen LogP contribution < -0.4 is 10.1 Å². The van der Waals surface area contributed by atoms with Crippen molar-refractivity contribution in [3.05, 3.63) is 51.6 Å². The molecule has 0 spiro atoms. The van der Waals surface area contributed by atoms with Gasteiger partial charge in [0.15, 0.2) is 0 Å². The zero-order valence-electron chi connectivity index (χ0n) is 9.78. The van der Waals surface area contributed by atoms with Gasteiger partial charge in [-0.25, -0.2) is 4.98 Å². The molecule has 0 radical (unpaired) electrons. The molecule has 0 saturated carbocycles. The van der Waals surface area contributed by atoms with Gasteiger partial charge < -0.3 is 10.1 Å². The Balaban J connectivity index is 2.28. The van der Waals surface area contributed by atoms with Gasteiger partial charge in [-0.05, 0) is 31.3 Å². The van der Waals surface area contributed by atoms with Gasteiger partial charge in [0.2, 0.25) is 5.88 Å². The molecule has 1 N–H and O–H groups in total. The SMILES string of the molecule is CNCc1cccnc1Oc1ccc(Br)cc1Cl. The Morgan fingerprint density at radius 2 is 2.22 bits per heavy atom. The Morgan fingerprint density at radius 1 is 1.39 bits per heavy atom. The molecule has 2 rings (SSSR count). The number of hydrogen-bond acceptors (Lipinski definition) is 3. The zero-order valence-corrected chi connectivity index (χ0v) is 12.1. The molecule has 0 unspecified atom stereocenters. The van der Waals surface area contributed by atoms with E-state index in [9.17, 15) is 0 Å². The van der Waals surface area contributed by atoms with E-state index in [1.807, 2.05) is 31.3 Å². The van der Waals surface area contributed by atoms with Crippen LogP contribution in [0.3, 0.4) is 0 Å². The Kier molecular flexibility index (Phi) is 4.58. The van der Waals surface area contributed by atoms with Gasteiger partial charge in [0.25, 0.3) is 0 Å². The van der Waals surface area contributed by atoms with E-state index in [0.717, 1.165) is 10.0 Å². The summed E-state index contributed by atoms with van der Waals surface area (Å²) in [5, 5.41) is 3.62. The van der Waals surface area contributed by atoms with Crippen LogP contribution in [0.2, 0.25) is 5.02 Å². The molecule has 0 amide bonds. The number of hydrogen-bond donors (Lipinski definition) is 1. The smallest absolute Gasteiger partial charge is 0.223 e. The molecular weight excluding hydrogens is 316 g/mol. The standard InChI is InChI=1S/C13H12BrClN2O/c1-16-8-9-3-2-6-17-13(9)18-12-5-4-10(14)7-11(12)15/h2-7,16H,8H2,1H3. The van der Waals surface area contributed by atoms with Crippen LogP contribution in [0.4, 0.5) is 0 Å². The second-order valence-electron chi connectivity index (χ2n) is 3.67. The van der Waals surface area contributed by atoms with Crippen molar-refractivity contribution < 1.29 is 4.74 Å². The first-order chi connectivity index (χ1) is 8.70. The molecule has 5 heteroatoms. The topological polar surface area (TPSA) is 34.2 Å². The van der Waals surface area contributed by atoms with Gasteiger partial charge in [-0.1, -0.05) is 33.6 Å². The minimum absolute atomic E-state index is 0.547. The molecule has 0 atom stereocenters. The van der Waals surface area contributed by atoms with Crippen LogP contribution in [0, 0.1) is 0 Å². The number of aromatic nitrogens is 1. The second-order valence-corrected chi connectivity index (χ2v) is 5.00. The molecule has 94 valence electrons. The van der Waals surface area contributed by atoms with Crippen LogP contribution in [0.15, 0.2) is 41.0 Å². The lowest BCUT2D eigenvalue weighted by Gasteiger charge is -2.10. The molecule has 0 saturated heterocycles. The average Bonchev–Trinajstić information content (AvgIpc) is 2.35. The highest BCUT2D eigenvalue weighted by Gasteiger charge is 2.08. The summed E-state index contributed by atoms with van der Waals surface area (Å²) in [6, 6.07) is 9.32. The summed E-state index contributed by atoms with van der Waals surface area (Å²) in [5.41, 5.74) is 0.985. The van der Waals surface area contributed by atoms with Crippen LogP contribution in [0.1, 0.15) is 5.56 Å². The average molecular weight is 328 g/mol. The van der Waals surface area contributed by atoms with E-state index < -0.39 is 0 Å². The minimum Gasteiger partial charge on any atom is -0.437 e. The normalized spacial score (nSPS) is 10.4. The third-order valence-electron chi connectivity index (χ3n) is 2.32. The second kappa shape index (κ2) is 6.18. The monoisotopic (exact) mass is 326 g/mol. The fourth-order valence-electron chi connectivity index (χ4n) is 1.50. The van der Waals surface area contributed by atoms with Crippen LogP contribution in [-0.4, -0.2) is 12.0 Å². The Morgan fingerprint density at radius 3 is 2.94 bits per heavy atom. The van der Waals surface area contributed by atoms with Gasteiger partial charge in [0, 0.05) is 22.8 Å². The maximum atomic E-state index is 6.11. The maximum absolute atomic E-state index is 6.11. The number of nitrogens with one attached hydrogen (secondary N) is 1. The summed E-state index contributed by atoms with van der Waals surface area (Å²) in [7, 11) is 1.88. The molecular formula is C13H12BrClN2O. The Hall–Kier alpha value is -1.10. The number of benzene rings is 1. The largest absolute Gasteiger partial charge is 0.437 e. The summed E-state index contributed by atoms with van der Waals surface area (Å²) < 4.78 is 6.66. The molecule has 3 nitrogen and oxygen atoms in total. The van der Waals surface area contributed by atoms with Crippen molar-refractivity contribution in [1.82, 2.24) is 10.3 Å². The van der Waals surface area contributed by atoms with E-state index >= 15 is 0 Å². The van der Waals surface area contributed by atoms with E-state index in [1.54, 1.807) is 12.3 Å². The molecule has 0 bridgehead atoms. The first kappa shape index (κ1) is 13.3. The van der Waals surface area contributed by atoms with Gasteiger partial charge in [0.05, 0.1) is 5.02 Å². The van der Waals surface area contributed by atoms with E-state index in [1.165, 1.54) is 0 Å². The summed E-state index contributed by atoms with van der Waals surface area (Å²) >= 11 is 9.47. The fraction of sp³-hybridized carbons (Fsp3) is 0.154. The highest BCUT2D eigenvalue weighted by molar-refractivity contribution is 9.10. The summed E-state index contributed by atoms with van der Waals surface area (Å²) in [6.45, 7) is 0.692. The van der Waals surface area contributed by atoms with E-state index in [-0.39, 0.29) is 0 Å². The highest BCUT2D eigenvalue weighted by atomic mass is 79.9. The van der Waals surface area contributed by atoms with Crippen molar-refractivity contribution in [2.45, 2.75) is 6.54 Å². The van der Waals surface area contributed by atoms with Crippen molar-refractivity contribution in [2.75, 3.05) is 7.05 Å². The molecule has 2 aromatic rings. The molecule has 18 heavy (non-hydrogen) atoms. The zero-order chi connectivity index (χ0) is 13.0. The molecule has 1 aromatic heterocycles. The van der Waals surface area contributed by atoms with Crippen molar-refractivity contribution in [2.24, 2.45) is 0 Å². The van der Waals surface area contributed by atoms with E-state index in [2.05, 4.69) is 26.2 Å². The lowest BCUT2D eigenvalue weighted by Crippen LogP contribution is -2.07. The summed E-state index contributed by atoms with van der Waals surface area (Å²) in [4.78, 5) is 4.22. The number of rotatable bonds is 4. The van der Waals surface area contributed by atoms with Gasteiger partial charge in [-0.3, -0.25) is 0 Å². The number of ether oxygens (including phenoxy) is 1. The fourth-order valence-corrected chi connectivity index (χ4v) is 2.22. The van der Waals surface area contributed by atoms with Crippen LogP contribution in [0.5, 0.6) is 11.6 Å². The van der Waals surface area contributed by atoms with Crippen LogP contribution >= 0.6 is 27.5 Å². The number of pyridine rings is 1. The first-order valence-corrected chi connectivity index (χ1v) is 6.59. The molecule has 0 aliphatic heterocycles. The molecule has 0 aliphatic rings. The predicted molar refractivity (Wildman–Crippen MR) is 76.2 cm³/mol. The quantitative estimate of drug-likeness (QED) is 0.921. The lowest BCUT2D eigenvalue weighted by molar-refractivity contribution is 0.454. The Labute approximate surface area is 119 Å². The third-order valence-corrected chi connectivity index (χ3v) is 3.11. The predicted octanol–water partition coefficient (Wildman–Crippen LogP) is 4.01. The highest BCUT2D eigenvalue weighted by Crippen LogP contribution is 2.32. The third kappa shape index (κ3) is 3.22. The van der Waals surface area contributed by atoms with Gasteiger partial charge >= 0.3 is 0 Å².